The van der Waals surface area contributed by atoms with Gasteiger partial charge in [-0.1, -0.05) is 0 Å². The average molecular weight is 301 g/mol. The van der Waals surface area contributed by atoms with Crippen molar-refractivity contribution in [2.45, 2.75) is 13.8 Å². The van der Waals surface area contributed by atoms with E-state index in [1.165, 1.54) is 14.0 Å². The molecule has 0 aliphatic carbocycles. The highest BCUT2D eigenvalue weighted by atomic mass is 32.2. The molecule has 0 heterocycles. The van der Waals surface area contributed by atoms with Crippen molar-refractivity contribution in [1.82, 2.24) is 0 Å². The molecule has 0 spiro atoms. The Balaban J connectivity index is 3.07. The van der Waals surface area contributed by atoms with E-state index in [-0.39, 0.29) is 12.3 Å². The second kappa shape index (κ2) is 7.14. The lowest BCUT2D eigenvalue weighted by atomic mass is 10.3. The van der Waals surface area contributed by atoms with Crippen LogP contribution in [0.2, 0.25) is 0 Å². The van der Waals surface area contributed by atoms with Crippen LogP contribution >= 0.6 is 0 Å². The summed E-state index contributed by atoms with van der Waals surface area (Å²) < 4.78 is 35.0. The van der Waals surface area contributed by atoms with Gasteiger partial charge in [0.15, 0.2) is 0 Å². The fraction of sp³-hybridized carbons (Fsp3) is 0.462. The van der Waals surface area contributed by atoms with Crippen molar-refractivity contribution >= 4 is 21.7 Å². The van der Waals surface area contributed by atoms with Crippen LogP contribution in [0.4, 0.5) is 5.69 Å². The molecule has 0 aliphatic rings. The maximum Gasteiger partial charge on any atom is 0.326 e. The van der Waals surface area contributed by atoms with Crippen LogP contribution in [0.5, 0.6) is 5.75 Å². The third kappa shape index (κ3) is 4.12. The van der Waals surface area contributed by atoms with Gasteiger partial charge in [-0.15, -0.1) is 0 Å². The van der Waals surface area contributed by atoms with Gasteiger partial charge in [-0.05, 0) is 38.1 Å². The Bertz CT molecular complexity index is 538. The fourth-order valence-electron chi connectivity index (χ4n) is 1.56. The van der Waals surface area contributed by atoms with Crippen molar-refractivity contribution < 1.29 is 22.7 Å². The third-order valence-electron chi connectivity index (χ3n) is 2.64. The van der Waals surface area contributed by atoms with Crippen LogP contribution in [0.15, 0.2) is 24.3 Å². The lowest BCUT2D eigenvalue weighted by Gasteiger charge is -2.22. The van der Waals surface area contributed by atoms with Gasteiger partial charge in [-0.3, -0.25) is 9.10 Å². The highest BCUT2D eigenvalue weighted by Gasteiger charge is 2.23. The number of anilines is 1. The number of sulfonamides is 1. The number of hydrogen-bond donors (Lipinski definition) is 0. The zero-order valence-electron chi connectivity index (χ0n) is 11.8. The summed E-state index contributed by atoms with van der Waals surface area (Å²) >= 11 is 0. The first-order chi connectivity index (χ1) is 9.44. The zero-order chi connectivity index (χ0) is 15.2. The van der Waals surface area contributed by atoms with Crippen LogP contribution in [0.1, 0.15) is 13.8 Å². The largest absolute Gasteiger partial charge is 0.494 e. The minimum absolute atomic E-state index is 0.1000. The van der Waals surface area contributed by atoms with Crippen LogP contribution < -0.4 is 9.04 Å². The van der Waals surface area contributed by atoms with E-state index in [4.69, 9.17) is 4.74 Å². The molecule has 0 saturated heterocycles. The second-order valence-electron chi connectivity index (χ2n) is 3.91. The topological polar surface area (TPSA) is 72.9 Å². The Kier molecular flexibility index (Phi) is 5.82. The van der Waals surface area contributed by atoms with Crippen molar-refractivity contribution in [2.75, 3.05) is 30.3 Å². The van der Waals surface area contributed by atoms with Crippen molar-refractivity contribution in [3.63, 3.8) is 0 Å². The quantitative estimate of drug-likeness (QED) is 0.712. The zero-order valence-corrected chi connectivity index (χ0v) is 12.6. The van der Waals surface area contributed by atoms with Gasteiger partial charge in [-0.25, -0.2) is 8.42 Å². The van der Waals surface area contributed by atoms with Crippen LogP contribution in [-0.4, -0.2) is 40.4 Å². The lowest BCUT2D eigenvalue weighted by Crippen LogP contribution is -2.37. The van der Waals surface area contributed by atoms with Gasteiger partial charge in [0, 0.05) is 0 Å². The Morgan fingerprint density at radius 1 is 1.20 bits per heavy atom. The van der Waals surface area contributed by atoms with Gasteiger partial charge in [-0.2, -0.15) is 0 Å². The van der Waals surface area contributed by atoms with Crippen LogP contribution in [0, 0.1) is 0 Å². The standard InChI is InChI=1S/C13H19NO5S/c1-4-19-12-8-6-11(7-9-12)14(10-13(15)18-3)20(16,17)5-2/h6-9H,4-5,10H2,1-3H3. The van der Waals surface area contributed by atoms with E-state index in [0.29, 0.717) is 18.0 Å². The van der Waals surface area contributed by atoms with Crippen LogP contribution in [0.3, 0.4) is 0 Å². The SMILES string of the molecule is CCOc1ccc(N(CC(=O)OC)S(=O)(=O)CC)cc1. The molecule has 1 rings (SSSR count). The number of hydrogen-bond acceptors (Lipinski definition) is 5. The van der Waals surface area contributed by atoms with E-state index >= 15 is 0 Å². The van der Waals surface area contributed by atoms with Gasteiger partial charge >= 0.3 is 5.97 Å². The number of esters is 1. The summed E-state index contributed by atoms with van der Waals surface area (Å²) in [6, 6.07) is 6.52. The van der Waals surface area contributed by atoms with E-state index in [2.05, 4.69) is 4.74 Å². The Morgan fingerprint density at radius 3 is 2.25 bits per heavy atom. The second-order valence-corrected chi connectivity index (χ2v) is 6.09. The summed E-state index contributed by atoms with van der Waals surface area (Å²) in [4.78, 5) is 11.4. The van der Waals surface area contributed by atoms with E-state index in [1.807, 2.05) is 6.92 Å². The van der Waals surface area contributed by atoms with E-state index in [9.17, 15) is 13.2 Å². The number of carbonyl (C=O) groups excluding carboxylic acids is 1. The first kappa shape index (κ1) is 16.3. The van der Waals surface area contributed by atoms with Crippen molar-refractivity contribution in [1.29, 1.82) is 0 Å². The van der Waals surface area contributed by atoms with Gasteiger partial charge in [0.1, 0.15) is 12.3 Å². The van der Waals surface area contributed by atoms with Crippen LogP contribution in [-0.2, 0) is 19.6 Å². The summed E-state index contributed by atoms with van der Waals surface area (Å²) in [7, 11) is -2.33. The fourth-order valence-corrected chi connectivity index (χ4v) is 2.62. The molecule has 0 saturated carbocycles. The molecule has 0 fully saturated rings. The highest BCUT2D eigenvalue weighted by molar-refractivity contribution is 7.92. The molecule has 6 nitrogen and oxygen atoms in total. The average Bonchev–Trinajstić information content (AvgIpc) is 2.45. The minimum Gasteiger partial charge on any atom is -0.494 e. The number of ether oxygens (including phenoxy) is 2. The molecule has 0 aliphatic heterocycles. The van der Waals surface area contributed by atoms with Crippen LogP contribution in [0.25, 0.3) is 0 Å². The molecule has 0 amide bonds. The molecule has 20 heavy (non-hydrogen) atoms. The molecule has 1 aromatic carbocycles. The Morgan fingerprint density at radius 2 is 1.80 bits per heavy atom. The number of carbonyl (C=O) groups is 1. The highest BCUT2D eigenvalue weighted by Crippen LogP contribution is 2.22. The van der Waals surface area contributed by atoms with E-state index < -0.39 is 16.0 Å². The molecule has 0 N–H and O–H groups in total. The molecule has 7 heteroatoms. The molecule has 0 unspecified atom stereocenters. The normalized spacial score (nSPS) is 10.9. The number of benzene rings is 1. The van der Waals surface area contributed by atoms with E-state index in [0.717, 1.165) is 4.31 Å². The summed E-state index contributed by atoms with van der Waals surface area (Å²) in [5.74, 6) is -0.0731. The lowest BCUT2D eigenvalue weighted by molar-refractivity contribution is -0.138. The molecule has 112 valence electrons. The third-order valence-corrected chi connectivity index (χ3v) is 4.38. The summed E-state index contributed by atoms with van der Waals surface area (Å²) in [6.07, 6.45) is 0. The van der Waals surface area contributed by atoms with Gasteiger partial charge in [0.2, 0.25) is 10.0 Å². The molecule has 0 atom stereocenters. The molecular formula is C13H19NO5S. The van der Waals surface area contributed by atoms with Crippen molar-refractivity contribution in [2.24, 2.45) is 0 Å². The molecule has 0 bridgehead atoms. The monoisotopic (exact) mass is 301 g/mol. The Hall–Kier alpha value is -1.76. The smallest absolute Gasteiger partial charge is 0.326 e. The van der Waals surface area contributed by atoms with Gasteiger partial charge in [0.25, 0.3) is 0 Å². The number of methoxy groups -OCH3 is 1. The van der Waals surface area contributed by atoms with E-state index in [1.54, 1.807) is 24.3 Å². The predicted octanol–water partition coefficient (Wildman–Crippen LogP) is 1.41. The number of rotatable bonds is 7. The van der Waals surface area contributed by atoms with Crippen molar-refractivity contribution in [3.8, 4) is 5.75 Å². The first-order valence-corrected chi connectivity index (χ1v) is 7.85. The maximum absolute atomic E-state index is 12.0. The molecular weight excluding hydrogens is 282 g/mol. The first-order valence-electron chi connectivity index (χ1n) is 6.24. The number of nitrogens with zero attached hydrogens (tertiary/aromatic N) is 1. The van der Waals surface area contributed by atoms with Gasteiger partial charge in [0.05, 0.1) is 25.2 Å². The molecule has 1 aromatic rings. The minimum atomic E-state index is -3.55. The predicted molar refractivity (Wildman–Crippen MR) is 76.4 cm³/mol. The molecule has 0 aromatic heterocycles. The maximum atomic E-state index is 12.0. The summed E-state index contributed by atoms with van der Waals surface area (Å²) in [6.45, 7) is 3.56. The molecule has 0 radical (unpaired) electrons. The summed E-state index contributed by atoms with van der Waals surface area (Å²) in [5.41, 5.74) is 0.403. The van der Waals surface area contributed by atoms with Crippen molar-refractivity contribution in [3.05, 3.63) is 24.3 Å². The Labute approximate surface area is 119 Å². The summed E-state index contributed by atoms with van der Waals surface area (Å²) in [5, 5.41) is 0. The van der Waals surface area contributed by atoms with Gasteiger partial charge < -0.3 is 9.47 Å².